The molecule has 10 heteroatoms. The van der Waals surface area contributed by atoms with Gasteiger partial charge in [-0.05, 0) is 14.8 Å². The Balaban J connectivity index is 3.30. The van der Waals surface area contributed by atoms with Crippen LogP contribution in [0.1, 0.15) is 0 Å². The highest BCUT2D eigenvalue weighted by Crippen LogP contribution is 1.79. The van der Waals surface area contributed by atoms with Gasteiger partial charge in [0.25, 0.3) is 0 Å². The first kappa shape index (κ1) is 8.83. The number of aromatic nitrogens is 4. The fourth-order valence-corrected chi connectivity index (χ4v) is 0.613. The first-order valence-corrected chi connectivity index (χ1v) is 2.98. The van der Waals surface area contributed by atoms with Crippen LogP contribution in [0.2, 0.25) is 0 Å². The highest BCUT2D eigenvalue weighted by molar-refractivity contribution is 5.71. The monoisotopic (exact) mass is 187 g/mol. The SMILES string of the molecule is Cn1nnn(/C(=N\O)[N+](=O)[O-])c1=N. The molecule has 0 aliphatic rings. The van der Waals surface area contributed by atoms with Gasteiger partial charge >= 0.3 is 11.6 Å². The van der Waals surface area contributed by atoms with Crippen LogP contribution in [0.15, 0.2) is 5.16 Å². The first-order valence-electron chi connectivity index (χ1n) is 2.98. The minimum absolute atomic E-state index is 0.371. The molecule has 0 spiro atoms. The standard InChI is InChI=1S/C3H5N7O3/c1-8-2(4)9(7-6-8)3(5-11)10(12)13/h4,11H,1H3/b4-2?,5-3+. The summed E-state index contributed by atoms with van der Waals surface area (Å²) in [7, 11) is 1.38. The largest absolute Gasteiger partial charge is 0.501 e. The van der Waals surface area contributed by atoms with Crippen molar-refractivity contribution in [2.75, 3.05) is 0 Å². The lowest BCUT2D eigenvalue weighted by Gasteiger charge is -1.92. The van der Waals surface area contributed by atoms with E-state index in [2.05, 4.69) is 15.6 Å². The Kier molecular flexibility index (Phi) is 2.04. The van der Waals surface area contributed by atoms with Crippen molar-refractivity contribution in [3.05, 3.63) is 15.7 Å². The third-order valence-electron chi connectivity index (χ3n) is 1.21. The van der Waals surface area contributed by atoms with E-state index in [1.165, 1.54) is 7.05 Å². The molecule has 0 amide bonds. The van der Waals surface area contributed by atoms with Gasteiger partial charge in [0.15, 0.2) is 0 Å². The van der Waals surface area contributed by atoms with Gasteiger partial charge in [0.2, 0.25) is 0 Å². The van der Waals surface area contributed by atoms with Gasteiger partial charge in [0, 0.05) is 12.3 Å². The summed E-state index contributed by atoms with van der Waals surface area (Å²) in [5, 5.41) is 34.6. The number of nitrogens with zero attached hydrogens (tertiary/aromatic N) is 6. The molecule has 1 aromatic rings. The first-order chi connectivity index (χ1) is 6.07. The Morgan fingerprint density at radius 2 is 2.38 bits per heavy atom. The zero-order valence-corrected chi connectivity index (χ0v) is 6.45. The van der Waals surface area contributed by atoms with E-state index in [1.54, 1.807) is 0 Å². The van der Waals surface area contributed by atoms with Crippen molar-refractivity contribution < 1.29 is 10.1 Å². The Bertz CT molecular complexity index is 413. The Morgan fingerprint density at radius 1 is 1.77 bits per heavy atom. The molecule has 0 unspecified atom stereocenters. The summed E-state index contributed by atoms with van der Waals surface area (Å²) in [4.78, 5) is 9.25. The zero-order valence-electron chi connectivity index (χ0n) is 6.45. The summed E-state index contributed by atoms with van der Waals surface area (Å²) in [6.07, 6.45) is 0. The van der Waals surface area contributed by atoms with Gasteiger partial charge in [0.1, 0.15) is 5.16 Å². The van der Waals surface area contributed by atoms with Crippen LogP contribution in [-0.2, 0) is 7.05 Å². The summed E-state index contributed by atoms with van der Waals surface area (Å²) >= 11 is 0. The average molecular weight is 187 g/mol. The molecule has 0 atom stereocenters. The van der Waals surface area contributed by atoms with Crippen LogP contribution in [0.25, 0.3) is 0 Å². The normalized spacial score (nSPS) is 11.6. The van der Waals surface area contributed by atoms with Crippen LogP contribution in [-0.4, -0.2) is 35.9 Å². The molecular weight excluding hydrogens is 182 g/mol. The Hall–Kier alpha value is -2.26. The summed E-state index contributed by atoms with van der Waals surface area (Å²) in [6.45, 7) is 0. The lowest BCUT2D eigenvalue weighted by molar-refractivity contribution is -0.358. The second-order valence-corrected chi connectivity index (χ2v) is 2.00. The topological polar surface area (TPSA) is 135 Å². The molecule has 2 N–H and O–H groups in total. The van der Waals surface area contributed by atoms with E-state index in [0.29, 0.717) is 4.68 Å². The van der Waals surface area contributed by atoms with Crippen molar-refractivity contribution in [1.29, 1.82) is 5.41 Å². The van der Waals surface area contributed by atoms with Crippen LogP contribution in [0, 0.1) is 15.5 Å². The summed E-state index contributed by atoms with van der Waals surface area (Å²) in [6, 6.07) is 0. The molecule has 0 aliphatic carbocycles. The molecule has 0 saturated heterocycles. The van der Waals surface area contributed by atoms with E-state index in [0.717, 1.165) is 4.68 Å². The Labute approximate surface area is 70.3 Å². The van der Waals surface area contributed by atoms with Gasteiger partial charge < -0.3 is 15.3 Å². The number of nitro groups is 1. The quantitative estimate of drug-likeness (QED) is 0.158. The maximum Gasteiger partial charge on any atom is 0.501 e. The molecule has 1 aromatic heterocycles. The predicted molar refractivity (Wildman–Crippen MR) is 36.5 cm³/mol. The van der Waals surface area contributed by atoms with Crippen molar-refractivity contribution in [2.45, 2.75) is 0 Å². The van der Waals surface area contributed by atoms with Crippen molar-refractivity contribution in [1.82, 2.24) is 19.8 Å². The van der Waals surface area contributed by atoms with E-state index in [9.17, 15) is 10.1 Å². The van der Waals surface area contributed by atoms with E-state index >= 15 is 0 Å². The summed E-state index contributed by atoms with van der Waals surface area (Å²) < 4.78 is 1.47. The van der Waals surface area contributed by atoms with E-state index in [-0.39, 0.29) is 5.62 Å². The molecule has 0 fully saturated rings. The molecule has 0 aromatic carbocycles. The third kappa shape index (κ3) is 1.36. The van der Waals surface area contributed by atoms with Gasteiger partial charge in [-0.15, -0.1) is 0 Å². The van der Waals surface area contributed by atoms with E-state index in [1.807, 2.05) is 0 Å². The zero-order chi connectivity index (χ0) is 10.0. The lowest BCUT2D eigenvalue weighted by atomic mass is 10.9. The summed E-state index contributed by atoms with van der Waals surface area (Å²) in [5.41, 5.74) is -0.371. The van der Waals surface area contributed by atoms with Crippen molar-refractivity contribution in [2.24, 2.45) is 12.2 Å². The molecule has 0 aliphatic heterocycles. The minimum Gasteiger partial charge on any atom is -0.390 e. The van der Waals surface area contributed by atoms with Crippen LogP contribution in [0.4, 0.5) is 0 Å². The number of hydrogen-bond acceptors (Lipinski definition) is 7. The van der Waals surface area contributed by atoms with Crippen molar-refractivity contribution in [3.63, 3.8) is 0 Å². The minimum atomic E-state index is -0.979. The fourth-order valence-electron chi connectivity index (χ4n) is 0.613. The number of oxime groups is 1. The number of hydrogen-bond donors (Lipinski definition) is 2. The molecule has 1 heterocycles. The van der Waals surface area contributed by atoms with Crippen molar-refractivity contribution in [3.8, 4) is 0 Å². The van der Waals surface area contributed by atoms with Crippen LogP contribution in [0.3, 0.4) is 0 Å². The highest BCUT2D eigenvalue weighted by Gasteiger charge is 2.20. The maximum absolute atomic E-state index is 10.2. The maximum atomic E-state index is 10.2. The molecule has 70 valence electrons. The van der Waals surface area contributed by atoms with E-state index < -0.39 is 10.9 Å². The van der Waals surface area contributed by atoms with Gasteiger partial charge in [-0.2, -0.15) is 0 Å². The van der Waals surface area contributed by atoms with E-state index in [4.69, 9.17) is 10.6 Å². The molecular formula is C3H5N7O3. The van der Waals surface area contributed by atoms with Gasteiger partial charge in [-0.3, -0.25) is 5.41 Å². The fraction of sp³-hybridized carbons (Fsp3) is 0.333. The molecule has 0 saturated carbocycles. The van der Waals surface area contributed by atoms with Gasteiger partial charge in [-0.1, -0.05) is 0 Å². The second kappa shape index (κ2) is 3.00. The van der Waals surface area contributed by atoms with Crippen LogP contribution in [0.5, 0.6) is 0 Å². The molecule has 0 radical (unpaired) electrons. The number of aryl methyl sites for hydroxylation is 1. The average Bonchev–Trinajstić information content (AvgIpc) is 2.37. The molecule has 1 rings (SSSR count). The molecule has 10 nitrogen and oxygen atoms in total. The predicted octanol–water partition coefficient (Wildman–Crippen LogP) is -2.03. The van der Waals surface area contributed by atoms with Crippen LogP contribution < -0.4 is 5.62 Å². The number of nitrogens with one attached hydrogen (secondary N) is 1. The van der Waals surface area contributed by atoms with Gasteiger partial charge in [0.05, 0.1) is 0 Å². The molecule has 13 heavy (non-hydrogen) atoms. The smallest absolute Gasteiger partial charge is 0.390 e. The van der Waals surface area contributed by atoms with Crippen LogP contribution >= 0.6 is 0 Å². The highest BCUT2D eigenvalue weighted by atomic mass is 16.6. The summed E-state index contributed by atoms with van der Waals surface area (Å²) in [5.74, 6) is -0.974. The number of rotatable bonds is 0. The molecule has 0 bridgehead atoms. The lowest BCUT2D eigenvalue weighted by Crippen LogP contribution is -2.34. The van der Waals surface area contributed by atoms with Gasteiger partial charge in [-0.25, -0.2) is 4.68 Å². The second-order valence-electron chi connectivity index (χ2n) is 2.00. The Morgan fingerprint density at radius 3 is 2.69 bits per heavy atom. The third-order valence-corrected chi connectivity index (χ3v) is 1.21. The number of tetrazole rings is 1. The van der Waals surface area contributed by atoms with Crippen molar-refractivity contribution >= 4 is 5.96 Å².